The lowest BCUT2D eigenvalue weighted by Gasteiger charge is -2.28. The van der Waals surface area contributed by atoms with Crippen LogP contribution in [0.2, 0.25) is 0 Å². The van der Waals surface area contributed by atoms with Crippen molar-refractivity contribution >= 4 is 44.3 Å². The molecular weight excluding hydrogens is 517 g/mol. The van der Waals surface area contributed by atoms with Crippen molar-refractivity contribution in [2.24, 2.45) is 0 Å². The van der Waals surface area contributed by atoms with E-state index in [4.69, 9.17) is 4.74 Å². The van der Waals surface area contributed by atoms with Crippen LogP contribution in [0.5, 0.6) is 11.5 Å². The summed E-state index contributed by atoms with van der Waals surface area (Å²) in [6, 6.07) is 17.2. The van der Waals surface area contributed by atoms with E-state index in [-0.39, 0.29) is 5.92 Å². The Balaban J connectivity index is 1.34. The van der Waals surface area contributed by atoms with E-state index in [1.807, 2.05) is 54.6 Å². The molecule has 1 aliphatic heterocycles. The van der Waals surface area contributed by atoms with E-state index < -0.39 is 10.0 Å². The zero-order valence-corrected chi connectivity index (χ0v) is 21.9. The molecule has 5 rings (SSSR count). The summed E-state index contributed by atoms with van der Waals surface area (Å²) in [6.07, 6.45) is 6.17. The van der Waals surface area contributed by atoms with E-state index in [0.717, 1.165) is 15.7 Å². The average molecular weight is 541 g/mol. The van der Waals surface area contributed by atoms with Crippen molar-refractivity contribution in [1.29, 1.82) is 0 Å². The summed E-state index contributed by atoms with van der Waals surface area (Å²) in [5.74, 6) is 2.63. The van der Waals surface area contributed by atoms with Gasteiger partial charge in [-0.05, 0) is 37.1 Å². The number of aromatic nitrogens is 4. The van der Waals surface area contributed by atoms with E-state index in [2.05, 4.69) is 24.6 Å². The van der Waals surface area contributed by atoms with Gasteiger partial charge in [-0.3, -0.25) is 0 Å². The minimum Gasteiger partial charge on any atom is -0.453 e. The van der Waals surface area contributed by atoms with Crippen molar-refractivity contribution in [1.82, 2.24) is 23.6 Å². The first-order valence-electron chi connectivity index (χ1n) is 11.3. The maximum absolute atomic E-state index is 11.8. The maximum atomic E-state index is 11.8. The summed E-state index contributed by atoms with van der Waals surface area (Å²) in [5, 5.41) is 4.72. The Bertz CT molecular complexity index is 1410. The molecule has 3 aromatic heterocycles. The van der Waals surface area contributed by atoms with E-state index in [1.165, 1.54) is 33.9 Å². The van der Waals surface area contributed by atoms with Crippen molar-refractivity contribution in [3.05, 3.63) is 72.8 Å². The maximum Gasteiger partial charge on any atom is 0.211 e. The summed E-state index contributed by atoms with van der Waals surface area (Å²) >= 11 is 2.75. The summed E-state index contributed by atoms with van der Waals surface area (Å²) in [5.41, 5.74) is 0. The molecule has 9 nitrogen and oxygen atoms in total. The van der Waals surface area contributed by atoms with Crippen LogP contribution in [-0.2, 0) is 10.0 Å². The highest BCUT2D eigenvalue weighted by Crippen LogP contribution is 2.36. The van der Waals surface area contributed by atoms with Gasteiger partial charge in [-0.15, -0.1) is 0 Å². The number of sulfonamides is 1. The molecule has 186 valence electrons. The van der Waals surface area contributed by atoms with Crippen LogP contribution in [0.4, 0.5) is 10.9 Å². The Hall–Kier alpha value is -3.06. The fourth-order valence-electron chi connectivity index (χ4n) is 3.80. The Morgan fingerprint density at radius 2 is 1.86 bits per heavy atom. The largest absolute Gasteiger partial charge is 0.453 e. The highest BCUT2D eigenvalue weighted by molar-refractivity contribution is 7.99. The lowest BCUT2D eigenvalue weighted by atomic mass is 9.98. The van der Waals surface area contributed by atoms with Crippen LogP contribution < -0.4 is 10.1 Å². The molecule has 1 N–H and O–H groups in total. The lowest BCUT2D eigenvalue weighted by molar-refractivity contribution is 0.316. The first kappa shape index (κ1) is 24.6. The van der Waals surface area contributed by atoms with Crippen LogP contribution in [0.3, 0.4) is 0 Å². The van der Waals surface area contributed by atoms with Gasteiger partial charge in [0.05, 0.1) is 6.26 Å². The van der Waals surface area contributed by atoms with Crippen molar-refractivity contribution < 1.29 is 13.2 Å². The summed E-state index contributed by atoms with van der Waals surface area (Å²) < 4.78 is 35.8. The number of para-hydroxylation sites is 1. The zero-order valence-electron chi connectivity index (χ0n) is 19.4. The monoisotopic (exact) mass is 540 g/mol. The number of hydrogen-bond donors (Lipinski definition) is 1. The van der Waals surface area contributed by atoms with Gasteiger partial charge in [0, 0.05) is 53.9 Å². The van der Waals surface area contributed by atoms with Gasteiger partial charge in [0.15, 0.2) is 11.6 Å². The third-order valence-electron chi connectivity index (χ3n) is 5.61. The Morgan fingerprint density at radius 3 is 2.58 bits per heavy atom. The number of benzene rings is 1. The van der Waals surface area contributed by atoms with Gasteiger partial charge in [0.2, 0.25) is 15.2 Å². The second-order valence-electron chi connectivity index (χ2n) is 8.22. The second-order valence-corrected chi connectivity index (χ2v) is 12.1. The molecule has 0 bridgehead atoms. The standard InChI is InChI=1S/C24H24N6O3S3/c1-36(31,32)30-13-10-17(11-14-30)22-27-24(35-29-22)28-23-20(33-18-7-3-2-4-8-18)15-19(16-26-23)34-21-9-5-6-12-25-21/h2-9,12,15-17H,10-11,13-14H2,1H3,(H,26,27,28,29). The van der Waals surface area contributed by atoms with E-state index >= 15 is 0 Å². The second kappa shape index (κ2) is 10.9. The predicted molar refractivity (Wildman–Crippen MR) is 141 cm³/mol. The molecule has 0 saturated carbocycles. The summed E-state index contributed by atoms with van der Waals surface area (Å²) in [7, 11) is -3.17. The third-order valence-corrected chi connectivity index (χ3v) is 8.47. The van der Waals surface area contributed by atoms with Gasteiger partial charge in [-0.25, -0.2) is 27.7 Å². The molecule has 0 atom stereocenters. The fraction of sp³-hybridized carbons (Fsp3) is 0.250. The van der Waals surface area contributed by atoms with E-state index in [1.54, 1.807) is 12.4 Å². The Labute approximate surface area is 218 Å². The first-order valence-corrected chi connectivity index (χ1v) is 14.8. The molecule has 4 aromatic rings. The van der Waals surface area contributed by atoms with Crippen LogP contribution >= 0.6 is 23.3 Å². The molecule has 0 spiro atoms. The van der Waals surface area contributed by atoms with Crippen LogP contribution in [0, 0.1) is 0 Å². The number of anilines is 2. The van der Waals surface area contributed by atoms with E-state index in [0.29, 0.717) is 48.4 Å². The van der Waals surface area contributed by atoms with E-state index in [9.17, 15) is 8.42 Å². The summed E-state index contributed by atoms with van der Waals surface area (Å²) in [4.78, 5) is 14.5. The van der Waals surface area contributed by atoms with Crippen molar-refractivity contribution in [3.8, 4) is 11.5 Å². The smallest absolute Gasteiger partial charge is 0.211 e. The fourth-order valence-corrected chi connectivity index (χ4v) is 6.09. The molecule has 36 heavy (non-hydrogen) atoms. The number of ether oxygens (including phenoxy) is 1. The molecule has 12 heteroatoms. The molecule has 0 amide bonds. The number of nitrogens with zero attached hydrogens (tertiary/aromatic N) is 5. The van der Waals surface area contributed by atoms with Gasteiger partial charge in [0.1, 0.15) is 16.6 Å². The Kier molecular flexibility index (Phi) is 7.46. The zero-order chi connectivity index (χ0) is 25.0. The molecule has 0 unspecified atom stereocenters. The average Bonchev–Trinajstić information content (AvgIpc) is 3.35. The van der Waals surface area contributed by atoms with Gasteiger partial charge in [-0.2, -0.15) is 4.37 Å². The van der Waals surface area contributed by atoms with Crippen LogP contribution in [0.1, 0.15) is 24.6 Å². The lowest BCUT2D eigenvalue weighted by Crippen LogP contribution is -2.37. The molecule has 4 heterocycles. The number of piperidine rings is 1. The minimum atomic E-state index is -3.17. The van der Waals surface area contributed by atoms with Crippen molar-refractivity contribution in [2.75, 3.05) is 24.7 Å². The highest BCUT2D eigenvalue weighted by Gasteiger charge is 2.28. The molecule has 1 aliphatic rings. The minimum absolute atomic E-state index is 0.125. The van der Waals surface area contributed by atoms with Crippen LogP contribution in [0.25, 0.3) is 0 Å². The molecule has 1 saturated heterocycles. The number of hydrogen-bond acceptors (Lipinski definition) is 10. The van der Waals surface area contributed by atoms with Crippen LogP contribution in [-0.4, -0.2) is 51.4 Å². The molecule has 1 fully saturated rings. The van der Waals surface area contributed by atoms with Crippen molar-refractivity contribution in [2.45, 2.75) is 28.7 Å². The number of nitrogens with one attached hydrogen (secondary N) is 1. The SMILES string of the molecule is CS(=O)(=O)N1CCC(c2nsc(Nc3ncc(Sc4ccccn4)cc3Oc3ccccc3)n2)CC1. The van der Waals surface area contributed by atoms with Gasteiger partial charge in [-0.1, -0.05) is 36.0 Å². The normalized spacial score (nSPS) is 15.0. The number of rotatable bonds is 8. The number of pyridine rings is 2. The summed E-state index contributed by atoms with van der Waals surface area (Å²) in [6.45, 7) is 0.967. The predicted octanol–water partition coefficient (Wildman–Crippen LogP) is 5.15. The first-order chi connectivity index (χ1) is 17.4. The molecule has 1 aromatic carbocycles. The van der Waals surface area contributed by atoms with Gasteiger partial charge >= 0.3 is 0 Å². The van der Waals surface area contributed by atoms with Crippen molar-refractivity contribution in [3.63, 3.8) is 0 Å². The van der Waals surface area contributed by atoms with Gasteiger partial charge in [0.25, 0.3) is 0 Å². The quantitative estimate of drug-likeness (QED) is 0.324. The molecule has 0 aliphatic carbocycles. The van der Waals surface area contributed by atoms with Gasteiger partial charge < -0.3 is 10.1 Å². The Morgan fingerprint density at radius 1 is 1.08 bits per heavy atom. The van der Waals surface area contributed by atoms with Crippen LogP contribution in [0.15, 0.2) is 76.9 Å². The topological polar surface area (TPSA) is 110 Å². The molecular formula is C24H24N6O3S3. The molecule has 0 radical (unpaired) electrons. The third kappa shape index (κ3) is 6.19. The highest BCUT2D eigenvalue weighted by atomic mass is 32.2.